The largest absolute Gasteiger partial charge is 0.476 e. The molecule has 0 spiro atoms. The van der Waals surface area contributed by atoms with E-state index < -0.39 is 11.8 Å². The topological polar surface area (TPSA) is 67.5 Å². The van der Waals surface area contributed by atoms with Crippen molar-refractivity contribution in [2.75, 3.05) is 0 Å². The van der Waals surface area contributed by atoms with Gasteiger partial charge in [0.15, 0.2) is 11.3 Å². The van der Waals surface area contributed by atoms with Crippen molar-refractivity contribution in [2.45, 2.75) is 0 Å². The molecule has 0 aliphatic carbocycles. The van der Waals surface area contributed by atoms with E-state index in [-0.39, 0.29) is 11.3 Å². The van der Waals surface area contributed by atoms with Crippen LogP contribution in [-0.4, -0.2) is 25.4 Å². The number of rotatable bonds is 2. The molecule has 0 bridgehead atoms. The van der Waals surface area contributed by atoms with E-state index in [1.54, 1.807) is 24.5 Å². The molecule has 0 radical (unpaired) electrons. The number of carbonyl (C=O) groups is 1. The third-order valence-electron chi connectivity index (χ3n) is 2.78. The summed E-state index contributed by atoms with van der Waals surface area (Å²) < 4.78 is 16.0. The smallest absolute Gasteiger partial charge is 0.358 e. The first-order valence-corrected chi connectivity index (χ1v) is 6.38. The minimum atomic E-state index is -1.18. The third kappa shape index (κ3) is 2.05. The minimum absolute atomic E-state index is 0.170. The average Bonchev–Trinajstić information content (AvgIpc) is 2.81. The van der Waals surface area contributed by atoms with Crippen LogP contribution < -0.4 is 0 Å². The summed E-state index contributed by atoms with van der Waals surface area (Å²) in [6, 6.07) is 4.60. The molecule has 0 fully saturated rings. The summed E-state index contributed by atoms with van der Waals surface area (Å²) in [5, 5.41) is 9.06. The van der Waals surface area contributed by atoms with Gasteiger partial charge in [-0.2, -0.15) is 0 Å². The maximum atomic E-state index is 13.9. The van der Waals surface area contributed by atoms with Gasteiger partial charge in [0, 0.05) is 28.6 Å². The lowest BCUT2D eigenvalue weighted by molar-refractivity contribution is 0.0692. The summed E-state index contributed by atoms with van der Waals surface area (Å²) >= 11 is 3.18. The molecule has 1 aromatic carbocycles. The fraction of sp³-hybridized carbons (Fsp3) is 0. The van der Waals surface area contributed by atoms with E-state index in [0.717, 1.165) is 0 Å². The van der Waals surface area contributed by atoms with Gasteiger partial charge in [-0.15, -0.1) is 0 Å². The highest BCUT2D eigenvalue weighted by molar-refractivity contribution is 9.10. The lowest BCUT2D eigenvalue weighted by Gasteiger charge is -1.99. The van der Waals surface area contributed by atoms with Crippen LogP contribution in [0.1, 0.15) is 10.5 Å². The van der Waals surface area contributed by atoms with Crippen LogP contribution in [0.4, 0.5) is 4.39 Å². The zero-order valence-electron chi connectivity index (χ0n) is 9.92. The number of halogens is 2. The SMILES string of the molecule is O=C(O)c1nccn2cc(-c3ccc(Br)cc3F)nc12. The molecular formula is C13H7BrFN3O2. The lowest BCUT2D eigenvalue weighted by atomic mass is 10.1. The molecule has 20 heavy (non-hydrogen) atoms. The number of carboxylic acids is 1. The first-order valence-electron chi connectivity index (χ1n) is 5.58. The summed E-state index contributed by atoms with van der Waals surface area (Å²) in [4.78, 5) is 19.0. The van der Waals surface area contributed by atoms with Gasteiger partial charge < -0.3 is 9.51 Å². The van der Waals surface area contributed by atoms with Crippen LogP contribution >= 0.6 is 15.9 Å². The van der Waals surface area contributed by atoms with E-state index in [1.165, 1.54) is 16.7 Å². The summed E-state index contributed by atoms with van der Waals surface area (Å²) in [6.07, 6.45) is 4.49. The Bertz CT molecular complexity index is 832. The molecule has 0 saturated carbocycles. The highest BCUT2D eigenvalue weighted by Gasteiger charge is 2.15. The molecule has 0 aliphatic heterocycles. The standard InChI is InChI=1S/C13H7BrFN3O2/c14-7-1-2-8(9(15)5-7)10-6-18-4-3-16-11(13(19)20)12(18)17-10/h1-6H,(H,19,20). The van der Waals surface area contributed by atoms with Gasteiger partial charge in [0.05, 0.1) is 5.69 Å². The molecule has 2 heterocycles. The van der Waals surface area contributed by atoms with Gasteiger partial charge in [0.2, 0.25) is 0 Å². The van der Waals surface area contributed by atoms with Crippen molar-refractivity contribution in [1.29, 1.82) is 0 Å². The van der Waals surface area contributed by atoms with Crippen molar-refractivity contribution in [2.24, 2.45) is 0 Å². The Kier molecular flexibility index (Phi) is 2.98. The molecule has 3 aromatic rings. The number of carboxylic acid groups (broad SMARTS) is 1. The minimum Gasteiger partial charge on any atom is -0.476 e. The van der Waals surface area contributed by atoms with E-state index >= 15 is 0 Å². The Balaban J connectivity index is 2.23. The molecule has 7 heteroatoms. The predicted molar refractivity (Wildman–Crippen MR) is 73.0 cm³/mol. The maximum absolute atomic E-state index is 13.9. The average molecular weight is 336 g/mol. The number of aromatic carboxylic acids is 1. The molecule has 2 aromatic heterocycles. The van der Waals surface area contributed by atoms with E-state index in [2.05, 4.69) is 25.9 Å². The van der Waals surface area contributed by atoms with Crippen molar-refractivity contribution in [3.8, 4) is 11.3 Å². The highest BCUT2D eigenvalue weighted by atomic mass is 79.9. The monoisotopic (exact) mass is 335 g/mol. The quantitative estimate of drug-likeness (QED) is 0.781. The Labute approximate surface area is 120 Å². The summed E-state index contributed by atoms with van der Waals surface area (Å²) in [6.45, 7) is 0. The van der Waals surface area contributed by atoms with E-state index in [0.29, 0.717) is 15.7 Å². The number of imidazole rings is 1. The molecule has 100 valence electrons. The van der Waals surface area contributed by atoms with E-state index in [9.17, 15) is 9.18 Å². The first-order chi connectivity index (χ1) is 9.56. The van der Waals surface area contributed by atoms with Gasteiger partial charge in [-0.05, 0) is 18.2 Å². The molecule has 5 nitrogen and oxygen atoms in total. The molecule has 1 N–H and O–H groups in total. The predicted octanol–water partition coefficient (Wildman–Crippen LogP) is 3.00. The number of aromatic nitrogens is 3. The van der Waals surface area contributed by atoms with E-state index in [1.807, 2.05) is 0 Å². The van der Waals surface area contributed by atoms with Crippen LogP contribution in [0.15, 0.2) is 41.3 Å². The number of hydrogen-bond acceptors (Lipinski definition) is 3. The summed E-state index contributed by atoms with van der Waals surface area (Å²) in [5.74, 6) is -1.61. The number of hydrogen-bond donors (Lipinski definition) is 1. The molecule has 0 saturated heterocycles. The third-order valence-corrected chi connectivity index (χ3v) is 3.28. The van der Waals surface area contributed by atoms with E-state index in [4.69, 9.17) is 5.11 Å². The summed E-state index contributed by atoms with van der Waals surface area (Å²) in [7, 11) is 0. The first kappa shape index (κ1) is 12.7. The van der Waals surface area contributed by atoms with Crippen molar-refractivity contribution in [3.63, 3.8) is 0 Å². The normalized spacial score (nSPS) is 10.9. The van der Waals surface area contributed by atoms with Gasteiger partial charge in [-0.1, -0.05) is 15.9 Å². The highest BCUT2D eigenvalue weighted by Crippen LogP contribution is 2.25. The molecule has 0 aliphatic rings. The second-order valence-electron chi connectivity index (χ2n) is 4.06. The second-order valence-corrected chi connectivity index (χ2v) is 4.98. The molecule has 3 rings (SSSR count). The van der Waals surface area contributed by atoms with Crippen LogP contribution in [0.2, 0.25) is 0 Å². The molecular weight excluding hydrogens is 329 g/mol. The zero-order chi connectivity index (χ0) is 14.3. The molecule has 0 amide bonds. The van der Waals surface area contributed by atoms with Crippen LogP contribution in [0.25, 0.3) is 16.9 Å². The molecule has 0 unspecified atom stereocenters. The van der Waals surface area contributed by atoms with Crippen LogP contribution in [0.3, 0.4) is 0 Å². The van der Waals surface area contributed by atoms with Gasteiger partial charge >= 0.3 is 5.97 Å². The fourth-order valence-electron chi connectivity index (χ4n) is 1.90. The molecule has 0 atom stereocenters. The zero-order valence-corrected chi connectivity index (χ0v) is 11.5. The van der Waals surface area contributed by atoms with Crippen LogP contribution in [0.5, 0.6) is 0 Å². The van der Waals surface area contributed by atoms with Gasteiger partial charge in [0.25, 0.3) is 0 Å². The lowest BCUT2D eigenvalue weighted by Crippen LogP contribution is -2.03. The van der Waals surface area contributed by atoms with Crippen molar-refractivity contribution >= 4 is 27.5 Å². The maximum Gasteiger partial charge on any atom is 0.358 e. The van der Waals surface area contributed by atoms with Crippen molar-refractivity contribution in [1.82, 2.24) is 14.4 Å². The Hall–Kier alpha value is -2.28. The Morgan fingerprint density at radius 3 is 2.90 bits per heavy atom. The number of fused-ring (bicyclic) bond motifs is 1. The van der Waals surface area contributed by atoms with Crippen molar-refractivity contribution < 1.29 is 14.3 Å². The van der Waals surface area contributed by atoms with Crippen molar-refractivity contribution in [3.05, 3.63) is 52.8 Å². The number of benzene rings is 1. The fourth-order valence-corrected chi connectivity index (χ4v) is 2.23. The van der Waals surface area contributed by atoms with Gasteiger partial charge in [0.1, 0.15) is 5.82 Å². The van der Waals surface area contributed by atoms with Gasteiger partial charge in [-0.3, -0.25) is 0 Å². The number of nitrogens with zero attached hydrogens (tertiary/aromatic N) is 3. The second kappa shape index (κ2) is 4.68. The Morgan fingerprint density at radius 1 is 1.40 bits per heavy atom. The van der Waals surface area contributed by atoms with Crippen LogP contribution in [0, 0.1) is 5.82 Å². The van der Waals surface area contributed by atoms with Gasteiger partial charge in [-0.25, -0.2) is 19.2 Å². The summed E-state index contributed by atoms with van der Waals surface area (Å²) in [5.41, 5.74) is 0.660. The van der Waals surface area contributed by atoms with Crippen LogP contribution in [-0.2, 0) is 0 Å². The Morgan fingerprint density at radius 2 is 2.20 bits per heavy atom.